The van der Waals surface area contributed by atoms with Crippen LogP contribution in [0, 0.1) is 0 Å². The topological polar surface area (TPSA) is 88.1 Å². The Morgan fingerprint density at radius 2 is 2.26 bits per heavy atom. The maximum atomic E-state index is 12.6. The molecular weight excluding hydrogens is 344 g/mol. The molecule has 8 nitrogen and oxygen atoms in total. The van der Waals surface area contributed by atoms with Gasteiger partial charge in [0.2, 0.25) is 5.88 Å². The van der Waals surface area contributed by atoms with Gasteiger partial charge in [-0.1, -0.05) is 0 Å². The predicted molar refractivity (Wildman–Crippen MR) is 103 cm³/mol. The molecule has 8 heteroatoms. The molecule has 1 aliphatic heterocycles. The van der Waals surface area contributed by atoms with E-state index < -0.39 is 0 Å². The lowest BCUT2D eigenvalue weighted by atomic mass is 10.1. The molecule has 3 aromatic heterocycles. The van der Waals surface area contributed by atoms with E-state index in [-0.39, 0.29) is 5.91 Å². The zero-order chi connectivity index (χ0) is 18.8. The average Bonchev–Trinajstić information content (AvgIpc) is 3.35. The molecule has 0 radical (unpaired) electrons. The highest BCUT2D eigenvalue weighted by atomic mass is 16.5. The lowest BCUT2D eigenvalue weighted by Crippen LogP contribution is -2.26. The summed E-state index contributed by atoms with van der Waals surface area (Å²) in [5.74, 6) is 0.789. The Bertz CT molecular complexity index is 947. The van der Waals surface area contributed by atoms with E-state index in [9.17, 15) is 4.79 Å². The summed E-state index contributed by atoms with van der Waals surface area (Å²) < 4.78 is 7.49. The Hall–Kier alpha value is -2.87. The van der Waals surface area contributed by atoms with Crippen LogP contribution in [0.5, 0.6) is 5.88 Å². The molecule has 2 N–H and O–H groups in total. The lowest BCUT2D eigenvalue weighted by molar-refractivity contribution is 0.102. The third kappa shape index (κ3) is 3.80. The molecule has 4 heterocycles. The molecule has 1 unspecified atom stereocenters. The van der Waals surface area contributed by atoms with Crippen LogP contribution in [0.15, 0.2) is 30.6 Å². The number of anilines is 1. The number of ether oxygens (including phenoxy) is 1. The lowest BCUT2D eigenvalue weighted by Gasteiger charge is -2.19. The van der Waals surface area contributed by atoms with E-state index in [0.29, 0.717) is 35.4 Å². The quantitative estimate of drug-likeness (QED) is 0.698. The molecule has 0 aromatic carbocycles. The van der Waals surface area contributed by atoms with Crippen molar-refractivity contribution in [2.75, 3.05) is 25.5 Å². The van der Waals surface area contributed by atoms with Crippen LogP contribution in [0.4, 0.5) is 5.82 Å². The monoisotopic (exact) mass is 368 g/mol. The highest BCUT2D eigenvalue weighted by Crippen LogP contribution is 2.22. The second-order valence-electron chi connectivity index (χ2n) is 6.99. The fraction of sp³-hybridized carbons (Fsp3) is 0.421. The van der Waals surface area contributed by atoms with Gasteiger partial charge in [-0.3, -0.25) is 9.48 Å². The highest BCUT2D eigenvalue weighted by Gasteiger charge is 2.20. The highest BCUT2D eigenvalue weighted by molar-refractivity contribution is 6.11. The molecule has 1 fully saturated rings. The van der Waals surface area contributed by atoms with Crippen LogP contribution in [0.2, 0.25) is 0 Å². The van der Waals surface area contributed by atoms with Gasteiger partial charge in [-0.25, -0.2) is 4.98 Å². The van der Waals surface area contributed by atoms with Crippen molar-refractivity contribution in [3.8, 4) is 5.88 Å². The number of rotatable bonds is 6. The fourth-order valence-electron chi connectivity index (χ4n) is 3.54. The van der Waals surface area contributed by atoms with E-state index in [1.165, 1.54) is 12.8 Å². The minimum Gasteiger partial charge on any atom is -0.478 e. The van der Waals surface area contributed by atoms with Crippen LogP contribution in [-0.2, 0) is 7.05 Å². The van der Waals surface area contributed by atoms with Gasteiger partial charge in [0.1, 0.15) is 5.52 Å². The third-order valence-corrected chi connectivity index (χ3v) is 5.07. The van der Waals surface area contributed by atoms with Crippen molar-refractivity contribution in [3.63, 3.8) is 0 Å². The largest absolute Gasteiger partial charge is 0.478 e. The average molecular weight is 368 g/mol. The Balaban J connectivity index is 1.44. The number of amides is 1. The number of pyridine rings is 1. The minimum atomic E-state index is -0.253. The molecule has 3 aromatic rings. The van der Waals surface area contributed by atoms with E-state index in [2.05, 4.69) is 32.3 Å². The first-order valence-electron chi connectivity index (χ1n) is 9.22. The number of carbonyl (C=O) groups is 1. The second kappa shape index (κ2) is 7.40. The van der Waals surface area contributed by atoms with Crippen LogP contribution in [0.3, 0.4) is 0 Å². The molecule has 1 amide bonds. The van der Waals surface area contributed by atoms with Crippen LogP contribution in [-0.4, -0.2) is 56.8 Å². The van der Waals surface area contributed by atoms with Crippen molar-refractivity contribution in [3.05, 3.63) is 36.2 Å². The van der Waals surface area contributed by atoms with E-state index in [0.717, 1.165) is 18.5 Å². The number of aryl methyl sites for hydroxylation is 1. The molecule has 0 bridgehead atoms. The number of H-pyrrole nitrogens is 1. The van der Waals surface area contributed by atoms with Crippen molar-refractivity contribution < 1.29 is 9.53 Å². The first-order valence-corrected chi connectivity index (χ1v) is 9.22. The number of nitrogens with one attached hydrogen (secondary N) is 2. The molecule has 142 valence electrons. The predicted octanol–water partition coefficient (Wildman–Crippen LogP) is 2.41. The van der Waals surface area contributed by atoms with Gasteiger partial charge in [0.15, 0.2) is 5.82 Å². The molecule has 27 heavy (non-hydrogen) atoms. The Kier molecular flexibility index (Phi) is 4.81. The minimum absolute atomic E-state index is 0.253. The Labute approximate surface area is 157 Å². The molecule has 1 saturated heterocycles. The van der Waals surface area contributed by atoms with Crippen molar-refractivity contribution in [1.82, 2.24) is 24.6 Å². The third-order valence-electron chi connectivity index (χ3n) is 5.07. The van der Waals surface area contributed by atoms with Gasteiger partial charge in [-0.15, -0.1) is 0 Å². The summed E-state index contributed by atoms with van der Waals surface area (Å²) in [5.41, 5.74) is 1.86. The summed E-state index contributed by atoms with van der Waals surface area (Å²) in [5, 5.41) is 6.95. The van der Waals surface area contributed by atoms with E-state index >= 15 is 0 Å². The van der Waals surface area contributed by atoms with Crippen LogP contribution < -0.4 is 10.1 Å². The molecule has 0 aliphatic carbocycles. The Morgan fingerprint density at radius 1 is 1.37 bits per heavy atom. The van der Waals surface area contributed by atoms with Gasteiger partial charge in [-0.05, 0) is 38.9 Å². The molecule has 4 rings (SSSR count). The summed E-state index contributed by atoms with van der Waals surface area (Å²) >= 11 is 0. The van der Waals surface area contributed by atoms with Gasteiger partial charge in [0.05, 0.1) is 17.7 Å². The van der Waals surface area contributed by atoms with E-state index in [1.54, 1.807) is 30.2 Å². The zero-order valence-corrected chi connectivity index (χ0v) is 15.6. The van der Waals surface area contributed by atoms with Crippen molar-refractivity contribution >= 4 is 22.8 Å². The number of hydrogen-bond donors (Lipinski definition) is 2. The summed E-state index contributed by atoms with van der Waals surface area (Å²) in [6, 6.07) is 6.05. The van der Waals surface area contributed by atoms with E-state index in [4.69, 9.17) is 4.74 Å². The van der Waals surface area contributed by atoms with Crippen molar-refractivity contribution in [1.29, 1.82) is 0 Å². The van der Waals surface area contributed by atoms with E-state index in [1.807, 2.05) is 12.1 Å². The zero-order valence-electron chi connectivity index (χ0n) is 15.6. The number of carbonyl (C=O) groups excluding carboxylic acids is 1. The number of aromatic amines is 1. The maximum absolute atomic E-state index is 12.6. The second-order valence-corrected chi connectivity index (χ2v) is 6.99. The summed E-state index contributed by atoms with van der Waals surface area (Å²) in [6.45, 7) is 1.78. The first-order chi connectivity index (χ1) is 13.1. The molecule has 1 aliphatic rings. The number of fused-ring (bicyclic) bond motifs is 1. The number of hydrogen-bond acceptors (Lipinski definition) is 5. The number of aromatic nitrogens is 4. The fourth-order valence-corrected chi connectivity index (χ4v) is 3.54. The van der Waals surface area contributed by atoms with Gasteiger partial charge in [0.25, 0.3) is 5.91 Å². The van der Waals surface area contributed by atoms with Gasteiger partial charge in [0, 0.05) is 37.6 Å². The maximum Gasteiger partial charge on any atom is 0.260 e. The SMILES string of the molecule is CN1CCCC1CCOc1ccc2[nH]cc(C(=O)Nc3ccn(C)n3)c2n1. The summed E-state index contributed by atoms with van der Waals surface area (Å²) in [7, 11) is 3.96. The standard InChI is InChI=1S/C19H24N6O2/c1-24-9-3-4-13(24)8-11-27-17-6-5-15-18(22-17)14(12-20-15)19(26)21-16-7-10-25(2)23-16/h5-7,10,12-13,20H,3-4,8-9,11H2,1-2H3,(H,21,23,26). The van der Waals surface area contributed by atoms with Crippen LogP contribution >= 0.6 is 0 Å². The summed E-state index contributed by atoms with van der Waals surface area (Å²) in [4.78, 5) is 22.6. The van der Waals surface area contributed by atoms with Crippen LogP contribution in [0.25, 0.3) is 11.0 Å². The van der Waals surface area contributed by atoms with Gasteiger partial charge >= 0.3 is 0 Å². The molecule has 0 spiro atoms. The van der Waals surface area contributed by atoms with Gasteiger partial charge < -0.3 is 19.9 Å². The molecule has 1 atom stereocenters. The van der Waals surface area contributed by atoms with Crippen LogP contribution in [0.1, 0.15) is 29.6 Å². The smallest absolute Gasteiger partial charge is 0.260 e. The first kappa shape index (κ1) is 17.5. The number of nitrogens with zero attached hydrogens (tertiary/aromatic N) is 4. The summed E-state index contributed by atoms with van der Waals surface area (Å²) in [6.07, 6.45) is 6.89. The molecular formula is C19H24N6O2. The molecule has 0 saturated carbocycles. The Morgan fingerprint density at radius 3 is 3.00 bits per heavy atom. The number of likely N-dealkylation sites (tertiary alicyclic amines) is 1. The van der Waals surface area contributed by atoms with Crippen molar-refractivity contribution in [2.45, 2.75) is 25.3 Å². The van der Waals surface area contributed by atoms with Crippen molar-refractivity contribution in [2.24, 2.45) is 7.05 Å². The normalized spacial score (nSPS) is 17.5. The van der Waals surface area contributed by atoms with Gasteiger partial charge in [-0.2, -0.15) is 5.10 Å².